The Labute approximate surface area is 159 Å². The second-order valence-electron chi connectivity index (χ2n) is 5.18. The van der Waals surface area contributed by atoms with Gasteiger partial charge in [-0.3, -0.25) is 4.79 Å². The van der Waals surface area contributed by atoms with Crippen LogP contribution in [0.15, 0.2) is 36.7 Å². The molecule has 140 valence electrons. The van der Waals surface area contributed by atoms with Crippen molar-refractivity contribution < 1.29 is 14.6 Å². The van der Waals surface area contributed by atoms with Crippen molar-refractivity contribution in [3.05, 3.63) is 48.0 Å². The first kappa shape index (κ1) is 23.2. The number of H-pyrrole nitrogens is 1. The zero-order valence-electron chi connectivity index (χ0n) is 13.9. The van der Waals surface area contributed by atoms with Crippen molar-refractivity contribution in [2.45, 2.75) is 19.0 Å². The maximum atomic E-state index is 12.5. The van der Waals surface area contributed by atoms with E-state index in [9.17, 15) is 4.79 Å². The van der Waals surface area contributed by atoms with Crippen LogP contribution in [0.1, 0.15) is 11.4 Å². The summed E-state index contributed by atoms with van der Waals surface area (Å²) in [4.78, 5) is 21.1. The van der Waals surface area contributed by atoms with Gasteiger partial charge in [0.15, 0.2) is 0 Å². The van der Waals surface area contributed by atoms with Crippen LogP contribution < -0.4 is 10.5 Å². The van der Waals surface area contributed by atoms with E-state index in [-0.39, 0.29) is 43.9 Å². The Morgan fingerprint density at radius 1 is 1.36 bits per heavy atom. The van der Waals surface area contributed by atoms with E-state index in [1.165, 1.54) is 4.90 Å². The molecule has 25 heavy (non-hydrogen) atoms. The highest BCUT2D eigenvalue weighted by molar-refractivity contribution is 5.85. The van der Waals surface area contributed by atoms with Crippen LogP contribution in [0.4, 0.5) is 0 Å². The van der Waals surface area contributed by atoms with Gasteiger partial charge in [0.2, 0.25) is 5.91 Å². The molecule has 0 bridgehead atoms. The second kappa shape index (κ2) is 11.7. The van der Waals surface area contributed by atoms with Crippen LogP contribution in [0.2, 0.25) is 0 Å². The number of hydrogen-bond donors (Lipinski definition) is 3. The van der Waals surface area contributed by atoms with Crippen molar-refractivity contribution in [3.63, 3.8) is 0 Å². The van der Waals surface area contributed by atoms with E-state index in [1.54, 1.807) is 19.5 Å². The number of hydrogen-bond acceptors (Lipinski definition) is 5. The Kier molecular flexibility index (Phi) is 10.9. The summed E-state index contributed by atoms with van der Waals surface area (Å²) in [5, 5.41) is 9.16. The molecule has 0 aliphatic heterocycles. The molecule has 0 radical (unpaired) electrons. The SMILES string of the molecule is COc1ccc(C[C@H](N)C(=O)N(CCO)Cc2ncc[nH]2)cc1.Cl.Cl. The van der Waals surface area contributed by atoms with Gasteiger partial charge in [0.25, 0.3) is 0 Å². The summed E-state index contributed by atoms with van der Waals surface area (Å²) in [6.07, 6.45) is 3.73. The minimum absolute atomic E-state index is 0. The van der Waals surface area contributed by atoms with Gasteiger partial charge in [-0.05, 0) is 24.1 Å². The maximum Gasteiger partial charge on any atom is 0.240 e. The fourth-order valence-corrected chi connectivity index (χ4v) is 2.29. The number of aliphatic hydroxyl groups excluding tert-OH is 1. The average Bonchev–Trinajstić information content (AvgIpc) is 3.07. The third kappa shape index (κ3) is 6.91. The summed E-state index contributed by atoms with van der Waals surface area (Å²) < 4.78 is 5.11. The lowest BCUT2D eigenvalue weighted by Crippen LogP contribution is -2.45. The van der Waals surface area contributed by atoms with Crippen molar-refractivity contribution in [3.8, 4) is 5.75 Å². The zero-order chi connectivity index (χ0) is 16.7. The first-order valence-corrected chi connectivity index (χ1v) is 7.40. The number of aromatic amines is 1. The molecular weight excluding hydrogens is 367 g/mol. The summed E-state index contributed by atoms with van der Waals surface area (Å²) in [5.41, 5.74) is 7.00. The third-order valence-corrected chi connectivity index (χ3v) is 3.51. The molecule has 2 aromatic rings. The molecule has 1 aromatic heterocycles. The summed E-state index contributed by atoms with van der Waals surface area (Å²) in [7, 11) is 1.60. The molecule has 0 fully saturated rings. The topological polar surface area (TPSA) is 104 Å². The number of nitrogens with one attached hydrogen (secondary N) is 1. The summed E-state index contributed by atoms with van der Waals surface area (Å²) in [6, 6.07) is 6.76. The predicted octanol–water partition coefficient (Wildman–Crippen LogP) is 1.15. The molecule has 1 heterocycles. The van der Waals surface area contributed by atoms with Gasteiger partial charge in [-0.25, -0.2) is 4.98 Å². The second-order valence-corrected chi connectivity index (χ2v) is 5.18. The third-order valence-electron chi connectivity index (χ3n) is 3.51. The number of nitrogens with zero attached hydrogens (tertiary/aromatic N) is 2. The molecule has 7 nitrogen and oxygen atoms in total. The number of amides is 1. The molecule has 0 aliphatic carbocycles. The Hall–Kier alpha value is -1.80. The average molecular weight is 391 g/mol. The Morgan fingerprint density at radius 2 is 2.04 bits per heavy atom. The van der Waals surface area contributed by atoms with Gasteiger partial charge in [-0.2, -0.15) is 0 Å². The Balaban J connectivity index is 0.00000288. The molecule has 9 heteroatoms. The predicted molar refractivity (Wildman–Crippen MR) is 100 cm³/mol. The number of rotatable bonds is 8. The number of aliphatic hydroxyl groups is 1. The van der Waals surface area contributed by atoms with Crippen LogP contribution in [-0.4, -0.2) is 52.2 Å². The number of halogens is 2. The van der Waals surface area contributed by atoms with Crippen molar-refractivity contribution >= 4 is 30.7 Å². The van der Waals surface area contributed by atoms with Gasteiger partial charge in [0, 0.05) is 18.9 Å². The number of imidazole rings is 1. The van der Waals surface area contributed by atoms with Crippen LogP contribution in [0, 0.1) is 0 Å². The standard InChI is InChI=1S/C16H22N4O3.2ClH/c1-23-13-4-2-12(3-5-13)10-14(17)16(22)20(8-9-21)11-15-18-6-7-19-15;;/h2-7,14,21H,8-11,17H2,1H3,(H,18,19);2*1H/t14-;;/m0../s1. The molecule has 1 amide bonds. The maximum absolute atomic E-state index is 12.5. The van der Waals surface area contributed by atoms with E-state index >= 15 is 0 Å². The Morgan fingerprint density at radius 3 is 2.56 bits per heavy atom. The lowest BCUT2D eigenvalue weighted by molar-refractivity contribution is -0.133. The van der Waals surface area contributed by atoms with E-state index in [2.05, 4.69) is 9.97 Å². The minimum Gasteiger partial charge on any atom is -0.497 e. The number of benzene rings is 1. The first-order chi connectivity index (χ1) is 11.1. The highest BCUT2D eigenvalue weighted by atomic mass is 35.5. The monoisotopic (exact) mass is 390 g/mol. The smallest absolute Gasteiger partial charge is 0.240 e. The van der Waals surface area contributed by atoms with E-state index < -0.39 is 6.04 Å². The lowest BCUT2D eigenvalue weighted by Gasteiger charge is -2.24. The van der Waals surface area contributed by atoms with Gasteiger partial charge in [0.1, 0.15) is 11.6 Å². The van der Waals surface area contributed by atoms with E-state index in [0.29, 0.717) is 18.8 Å². The van der Waals surface area contributed by atoms with Crippen molar-refractivity contribution in [2.24, 2.45) is 5.73 Å². The molecule has 1 aromatic carbocycles. The molecule has 1 atom stereocenters. The van der Waals surface area contributed by atoms with Crippen molar-refractivity contribution in [2.75, 3.05) is 20.3 Å². The minimum atomic E-state index is -0.676. The largest absolute Gasteiger partial charge is 0.497 e. The van der Waals surface area contributed by atoms with Crippen molar-refractivity contribution in [1.82, 2.24) is 14.9 Å². The quantitative estimate of drug-likeness (QED) is 0.626. The number of nitrogens with two attached hydrogens (primary N) is 1. The zero-order valence-corrected chi connectivity index (χ0v) is 15.6. The van der Waals surface area contributed by atoms with Crippen LogP contribution in [0.3, 0.4) is 0 Å². The van der Waals surface area contributed by atoms with Gasteiger partial charge in [-0.15, -0.1) is 24.8 Å². The van der Waals surface area contributed by atoms with Gasteiger partial charge >= 0.3 is 0 Å². The van der Waals surface area contributed by atoms with Crippen LogP contribution in [0.25, 0.3) is 0 Å². The van der Waals surface area contributed by atoms with Gasteiger partial charge in [0.05, 0.1) is 26.3 Å². The number of aromatic nitrogens is 2. The molecule has 2 rings (SSSR count). The summed E-state index contributed by atoms with van der Waals surface area (Å²) >= 11 is 0. The summed E-state index contributed by atoms with van der Waals surface area (Å²) in [5.74, 6) is 1.20. The van der Waals surface area contributed by atoms with Crippen molar-refractivity contribution in [1.29, 1.82) is 0 Å². The number of carbonyl (C=O) groups is 1. The van der Waals surface area contributed by atoms with Crippen LogP contribution in [0.5, 0.6) is 5.75 Å². The fourth-order valence-electron chi connectivity index (χ4n) is 2.29. The van der Waals surface area contributed by atoms with E-state index in [1.807, 2.05) is 24.3 Å². The highest BCUT2D eigenvalue weighted by Crippen LogP contribution is 2.13. The van der Waals surface area contributed by atoms with Crippen LogP contribution >= 0.6 is 24.8 Å². The van der Waals surface area contributed by atoms with E-state index in [4.69, 9.17) is 15.6 Å². The lowest BCUT2D eigenvalue weighted by atomic mass is 10.1. The number of carbonyl (C=O) groups excluding carboxylic acids is 1. The van der Waals surface area contributed by atoms with Gasteiger partial charge < -0.3 is 25.5 Å². The Bertz CT molecular complexity index is 608. The molecule has 0 aliphatic rings. The highest BCUT2D eigenvalue weighted by Gasteiger charge is 2.22. The number of ether oxygens (including phenoxy) is 1. The molecule has 0 saturated carbocycles. The van der Waals surface area contributed by atoms with Crippen LogP contribution in [-0.2, 0) is 17.8 Å². The normalized spacial score (nSPS) is 11.0. The van der Waals surface area contributed by atoms with Gasteiger partial charge in [-0.1, -0.05) is 12.1 Å². The first-order valence-electron chi connectivity index (χ1n) is 7.40. The molecule has 4 N–H and O–H groups in total. The summed E-state index contributed by atoms with van der Waals surface area (Å²) in [6.45, 7) is 0.389. The number of methoxy groups -OCH3 is 1. The molecule has 0 unspecified atom stereocenters. The molecule has 0 saturated heterocycles. The molecule has 0 spiro atoms. The van der Waals surface area contributed by atoms with E-state index in [0.717, 1.165) is 11.3 Å². The molecular formula is C16H24Cl2N4O3. The fraction of sp³-hybridized carbons (Fsp3) is 0.375.